The lowest BCUT2D eigenvalue weighted by Crippen LogP contribution is -2.48. The lowest BCUT2D eigenvalue weighted by atomic mass is 9.78. The molecule has 0 aromatic rings. The van der Waals surface area contributed by atoms with E-state index >= 15 is 0 Å². The molecule has 108 valence electrons. The Morgan fingerprint density at radius 2 is 1.84 bits per heavy atom. The number of carbonyl (C=O) groups is 1. The van der Waals surface area contributed by atoms with Gasteiger partial charge in [0.2, 0.25) is 5.91 Å². The number of nitrogens with zero attached hydrogens (tertiary/aromatic N) is 1. The zero-order valence-corrected chi connectivity index (χ0v) is 12.7. The Balaban J connectivity index is 2.73. The van der Waals surface area contributed by atoms with Crippen molar-refractivity contribution in [3.63, 3.8) is 0 Å². The lowest BCUT2D eigenvalue weighted by Gasteiger charge is -2.33. The van der Waals surface area contributed by atoms with Crippen molar-refractivity contribution in [2.45, 2.75) is 78.2 Å². The van der Waals surface area contributed by atoms with Gasteiger partial charge in [-0.1, -0.05) is 46.5 Å². The average molecular weight is 264 g/mol. The van der Waals surface area contributed by atoms with Crippen LogP contribution in [0.5, 0.6) is 0 Å². The van der Waals surface area contributed by atoms with Gasteiger partial charge in [-0.05, 0) is 31.6 Å². The third-order valence-corrected chi connectivity index (χ3v) is 4.43. The number of rotatable bonds is 6. The SMILES string of the molecule is CCCC(C#N)(CCC)C(=O)NC1CCCCC1C. The second-order valence-electron chi connectivity index (χ2n) is 6.04. The molecule has 0 heterocycles. The van der Waals surface area contributed by atoms with E-state index in [0.717, 1.165) is 19.3 Å². The molecular weight excluding hydrogens is 236 g/mol. The molecule has 19 heavy (non-hydrogen) atoms. The molecule has 0 saturated heterocycles. The Bertz CT molecular complexity index is 326. The fourth-order valence-corrected chi connectivity index (χ4v) is 3.21. The standard InChI is InChI=1S/C16H28N2O/c1-4-10-16(12-17,11-5-2)15(19)18-14-9-7-6-8-13(14)3/h13-14H,4-11H2,1-3H3,(H,18,19). The first kappa shape index (κ1) is 16.0. The van der Waals surface area contributed by atoms with E-state index in [1.165, 1.54) is 19.3 Å². The molecule has 1 amide bonds. The Hall–Kier alpha value is -1.04. The molecule has 0 spiro atoms. The number of hydrogen-bond acceptors (Lipinski definition) is 2. The molecule has 1 fully saturated rings. The van der Waals surface area contributed by atoms with Crippen molar-refractivity contribution in [2.24, 2.45) is 11.3 Å². The molecule has 0 aromatic carbocycles. The van der Waals surface area contributed by atoms with Crippen molar-refractivity contribution in [2.75, 3.05) is 0 Å². The molecule has 1 N–H and O–H groups in total. The second kappa shape index (κ2) is 7.53. The highest BCUT2D eigenvalue weighted by Gasteiger charge is 2.38. The van der Waals surface area contributed by atoms with Crippen LogP contribution in [0.2, 0.25) is 0 Å². The number of hydrogen-bond donors (Lipinski definition) is 1. The van der Waals surface area contributed by atoms with Gasteiger partial charge in [0.25, 0.3) is 0 Å². The van der Waals surface area contributed by atoms with Gasteiger partial charge in [0, 0.05) is 6.04 Å². The summed E-state index contributed by atoms with van der Waals surface area (Å²) in [6.07, 6.45) is 7.80. The van der Waals surface area contributed by atoms with E-state index in [1.807, 2.05) is 13.8 Å². The molecule has 2 unspecified atom stereocenters. The maximum atomic E-state index is 12.6. The molecule has 2 atom stereocenters. The second-order valence-corrected chi connectivity index (χ2v) is 6.04. The maximum absolute atomic E-state index is 12.6. The Morgan fingerprint density at radius 1 is 1.26 bits per heavy atom. The molecule has 1 aliphatic carbocycles. The number of nitrogens with one attached hydrogen (secondary N) is 1. The molecule has 0 aromatic heterocycles. The van der Waals surface area contributed by atoms with Crippen LogP contribution in [-0.2, 0) is 4.79 Å². The minimum atomic E-state index is -0.805. The Morgan fingerprint density at radius 3 is 2.32 bits per heavy atom. The number of amides is 1. The van der Waals surface area contributed by atoms with Gasteiger partial charge in [-0.25, -0.2) is 0 Å². The van der Waals surface area contributed by atoms with Crippen molar-refractivity contribution in [3.05, 3.63) is 0 Å². The zero-order chi connectivity index (χ0) is 14.3. The van der Waals surface area contributed by atoms with Gasteiger partial charge in [0.05, 0.1) is 6.07 Å². The molecule has 3 heteroatoms. The first-order valence-electron chi connectivity index (χ1n) is 7.81. The van der Waals surface area contributed by atoms with E-state index in [4.69, 9.17) is 0 Å². The van der Waals surface area contributed by atoms with Gasteiger partial charge in [0.15, 0.2) is 0 Å². The topological polar surface area (TPSA) is 52.9 Å². The molecule has 1 saturated carbocycles. The van der Waals surface area contributed by atoms with E-state index in [1.54, 1.807) is 0 Å². The van der Waals surface area contributed by atoms with Crippen LogP contribution in [0.1, 0.15) is 72.1 Å². The first-order chi connectivity index (χ1) is 9.09. The van der Waals surface area contributed by atoms with Gasteiger partial charge in [-0.15, -0.1) is 0 Å². The predicted octanol–water partition coefficient (Wildman–Crippen LogP) is 3.79. The van der Waals surface area contributed by atoms with E-state index in [-0.39, 0.29) is 11.9 Å². The summed E-state index contributed by atoms with van der Waals surface area (Å²) in [5, 5.41) is 12.7. The van der Waals surface area contributed by atoms with E-state index < -0.39 is 5.41 Å². The summed E-state index contributed by atoms with van der Waals surface area (Å²) >= 11 is 0. The molecule has 0 aliphatic heterocycles. The highest BCUT2D eigenvalue weighted by atomic mass is 16.2. The van der Waals surface area contributed by atoms with Crippen molar-refractivity contribution >= 4 is 5.91 Å². The van der Waals surface area contributed by atoms with Crippen LogP contribution in [-0.4, -0.2) is 11.9 Å². The van der Waals surface area contributed by atoms with Gasteiger partial charge in [-0.2, -0.15) is 5.26 Å². The van der Waals surface area contributed by atoms with Gasteiger partial charge >= 0.3 is 0 Å². The van der Waals surface area contributed by atoms with Crippen LogP contribution in [0, 0.1) is 22.7 Å². The maximum Gasteiger partial charge on any atom is 0.240 e. The van der Waals surface area contributed by atoms with Crippen molar-refractivity contribution in [3.8, 4) is 6.07 Å². The molecule has 1 rings (SSSR count). The van der Waals surface area contributed by atoms with E-state index in [9.17, 15) is 10.1 Å². The van der Waals surface area contributed by atoms with E-state index in [0.29, 0.717) is 18.8 Å². The lowest BCUT2D eigenvalue weighted by molar-refractivity contribution is -0.130. The van der Waals surface area contributed by atoms with Gasteiger partial charge < -0.3 is 5.32 Å². The molecule has 3 nitrogen and oxygen atoms in total. The highest BCUT2D eigenvalue weighted by Crippen LogP contribution is 2.31. The fraction of sp³-hybridized carbons (Fsp3) is 0.875. The average Bonchev–Trinajstić information content (AvgIpc) is 2.41. The Kier molecular flexibility index (Phi) is 6.34. The number of nitriles is 1. The number of carbonyl (C=O) groups excluding carboxylic acids is 1. The summed E-state index contributed by atoms with van der Waals surface area (Å²) in [6, 6.07) is 2.58. The summed E-state index contributed by atoms with van der Waals surface area (Å²) in [6.45, 7) is 6.29. The van der Waals surface area contributed by atoms with Crippen molar-refractivity contribution in [1.82, 2.24) is 5.32 Å². The Labute approximate surface area is 117 Å². The predicted molar refractivity (Wildman–Crippen MR) is 77.4 cm³/mol. The van der Waals surface area contributed by atoms with E-state index in [2.05, 4.69) is 18.3 Å². The fourth-order valence-electron chi connectivity index (χ4n) is 3.21. The molecule has 0 bridgehead atoms. The smallest absolute Gasteiger partial charge is 0.240 e. The van der Waals surface area contributed by atoms with Crippen molar-refractivity contribution < 1.29 is 4.79 Å². The van der Waals surface area contributed by atoms with Crippen LogP contribution in [0.4, 0.5) is 0 Å². The third-order valence-electron chi connectivity index (χ3n) is 4.43. The molecule has 0 radical (unpaired) electrons. The summed E-state index contributed by atoms with van der Waals surface area (Å²) in [5.41, 5.74) is -0.805. The summed E-state index contributed by atoms with van der Waals surface area (Å²) in [4.78, 5) is 12.6. The van der Waals surface area contributed by atoms with Crippen molar-refractivity contribution in [1.29, 1.82) is 5.26 Å². The monoisotopic (exact) mass is 264 g/mol. The zero-order valence-electron chi connectivity index (χ0n) is 12.7. The summed E-state index contributed by atoms with van der Waals surface area (Å²) in [7, 11) is 0. The highest BCUT2D eigenvalue weighted by molar-refractivity contribution is 5.85. The quantitative estimate of drug-likeness (QED) is 0.793. The largest absolute Gasteiger partial charge is 0.352 e. The van der Waals surface area contributed by atoms with Crippen LogP contribution < -0.4 is 5.32 Å². The first-order valence-corrected chi connectivity index (χ1v) is 7.81. The summed E-state index contributed by atoms with van der Waals surface area (Å²) in [5.74, 6) is 0.509. The van der Waals surface area contributed by atoms with Gasteiger partial charge in [0.1, 0.15) is 5.41 Å². The molecule has 1 aliphatic rings. The third kappa shape index (κ3) is 3.96. The summed E-state index contributed by atoms with van der Waals surface area (Å²) < 4.78 is 0. The van der Waals surface area contributed by atoms with Crippen LogP contribution in [0.3, 0.4) is 0 Å². The van der Waals surface area contributed by atoms with Crippen LogP contribution in [0.25, 0.3) is 0 Å². The van der Waals surface area contributed by atoms with Crippen LogP contribution >= 0.6 is 0 Å². The minimum absolute atomic E-state index is 0.0301. The minimum Gasteiger partial charge on any atom is -0.352 e. The van der Waals surface area contributed by atoms with Crippen LogP contribution in [0.15, 0.2) is 0 Å². The normalized spacial score (nSPS) is 23.7. The van der Waals surface area contributed by atoms with Gasteiger partial charge in [-0.3, -0.25) is 4.79 Å². The molecular formula is C16H28N2O.